The highest BCUT2D eigenvalue weighted by atomic mass is 16.5. The Bertz CT molecular complexity index is 1020. The Morgan fingerprint density at radius 3 is 3.11 bits per heavy atom. The van der Waals surface area contributed by atoms with Crippen LogP contribution in [0.2, 0.25) is 0 Å². The number of nitrogens with one attached hydrogen (secondary N) is 1. The van der Waals surface area contributed by atoms with Gasteiger partial charge in [0.05, 0.1) is 18.5 Å². The van der Waals surface area contributed by atoms with E-state index in [1.54, 1.807) is 6.20 Å². The monoisotopic (exact) mass is 363 g/mol. The maximum Gasteiger partial charge on any atom is 0.251 e. The minimum absolute atomic E-state index is 0.326. The third-order valence-electron chi connectivity index (χ3n) is 4.94. The average Bonchev–Trinajstić information content (AvgIpc) is 3.46. The zero-order valence-corrected chi connectivity index (χ0v) is 14.9. The van der Waals surface area contributed by atoms with E-state index in [9.17, 15) is 0 Å². The van der Waals surface area contributed by atoms with Gasteiger partial charge in [0.25, 0.3) is 5.95 Å². The van der Waals surface area contributed by atoms with Crippen molar-refractivity contribution in [1.29, 1.82) is 0 Å². The molecule has 3 heterocycles. The molecule has 8 nitrogen and oxygen atoms in total. The van der Waals surface area contributed by atoms with Gasteiger partial charge in [-0.25, -0.2) is 19.9 Å². The molecule has 0 amide bonds. The van der Waals surface area contributed by atoms with Crippen molar-refractivity contribution in [3.05, 3.63) is 24.4 Å². The number of aromatic nitrogens is 4. The molecule has 1 aliphatic carbocycles. The van der Waals surface area contributed by atoms with Gasteiger partial charge >= 0.3 is 0 Å². The first-order valence-electron chi connectivity index (χ1n) is 9.30. The summed E-state index contributed by atoms with van der Waals surface area (Å²) in [5, 5.41) is 3.52. The standard InChI is InChI=1S/C19H21N7O/c20-11-23-19-21-5-4-14(25-19)18-24-15-8-13(22-10-12-2-3-12)9-16-17(15)26(18)6-1-7-27-16/h4-5,8-9,11-12,22H,1-3,6-7,10H2,(H2,20,21,23,25). The Balaban J connectivity index is 1.62. The first-order chi connectivity index (χ1) is 13.3. The molecule has 27 heavy (non-hydrogen) atoms. The van der Waals surface area contributed by atoms with Crippen molar-refractivity contribution in [2.24, 2.45) is 16.6 Å². The Morgan fingerprint density at radius 1 is 1.33 bits per heavy atom. The topological polar surface area (TPSA) is 103 Å². The minimum Gasteiger partial charge on any atom is -0.491 e. The van der Waals surface area contributed by atoms with Crippen LogP contribution in [0.3, 0.4) is 0 Å². The zero-order valence-electron chi connectivity index (χ0n) is 14.9. The number of anilines is 1. The molecule has 0 saturated heterocycles. The molecule has 1 aliphatic heterocycles. The minimum atomic E-state index is 0.326. The van der Waals surface area contributed by atoms with Gasteiger partial charge in [-0.1, -0.05) is 0 Å². The third-order valence-corrected chi connectivity index (χ3v) is 4.94. The van der Waals surface area contributed by atoms with Crippen molar-refractivity contribution in [2.75, 3.05) is 18.5 Å². The fraction of sp³-hybridized carbons (Fsp3) is 0.368. The number of rotatable bonds is 5. The summed E-state index contributed by atoms with van der Waals surface area (Å²) in [6.07, 6.45) is 6.42. The fourth-order valence-electron chi connectivity index (χ4n) is 3.45. The summed E-state index contributed by atoms with van der Waals surface area (Å²) >= 11 is 0. The average molecular weight is 363 g/mol. The second-order valence-electron chi connectivity index (χ2n) is 6.98. The largest absolute Gasteiger partial charge is 0.491 e. The van der Waals surface area contributed by atoms with E-state index in [1.165, 1.54) is 19.2 Å². The van der Waals surface area contributed by atoms with Crippen molar-refractivity contribution in [1.82, 2.24) is 19.5 Å². The highest BCUT2D eigenvalue weighted by Gasteiger charge is 2.23. The number of hydrogen-bond acceptors (Lipinski definition) is 6. The summed E-state index contributed by atoms with van der Waals surface area (Å²) in [6.45, 7) is 2.52. The lowest BCUT2D eigenvalue weighted by Crippen LogP contribution is -2.03. The van der Waals surface area contributed by atoms with Crippen molar-refractivity contribution in [3.8, 4) is 17.3 Å². The van der Waals surface area contributed by atoms with Gasteiger partial charge in [0, 0.05) is 31.0 Å². The van der Waals surface area contributed by atoms with E-state index in [-0.39, 0.29) is 0 Å². The van der Waals surface area contributed by atoms with Crippen LogP contribution in [-0.4, -0.2) is 39.0 Å². The maximum atomic E-state index is 6.02. The summed E-state index contributed by atoms with van der Waals surface area (Å²) in [7, 11) is 0. The second kappa shape index (κ2) is 6.53. The molecule has 0 unspecified atom stereocenters. The molecule has 138 valence electrons. The molecule has 5 rings (SSSR count). The van der Waals surface area contributed by atoms with E-state index < -0.39 is 0 Å². The predicted molar refractivity (Wildman–Crippen MR) is 104 cm³/mol. The molecule has 1 aromatic carbocycles. The molecule has 0 radical (unpaired) electrons. The van der Waals surface area contributed by atoms with Crippen molar-refractivity contribution in [2.45, 2.75) is 25.8 Å². The van der Waals surface area contributed by atoms with Gasteiger partial charge < -0.3 is 20.4 Å². The number of imidazole rings is 1. The number of aliphatic imine (C=N–C) groups is 1. The molecule has 2 aromatic heterocycles. The summed E-state index contributed by atoms with van der Waals surface area (Å²) < 4.78 is 8.20. The van der Waals surface area contributed by atoms with Gasteiger partial charge in [-0.05, 0) is 37.3 Å². The number of benzene rings is 1. The Labute approximate surface area is 156 Å². The predicted octanol–water partition coefficient (Wildman–Crippen LogP) is 2.72. The summed E-state index contributed by atoms with van der Waals surface area (Å²) in [5.41, 5.74) is 9.07. The van der Waals surface area contributed by atoms with Gasteiger partial charge in [-0.3, -0.25) is 0 Å². The lowest BCUT2D eigenvalue weighted by molar-refractivity contribution is 0.316. The maximum absolute atomic E-state index is 6.02. The van der Waals surface area contributed by atoms with E-state index in [0.29, 0.717) is 12.6 Å². The Morgan fingerprint density at radius 2 is 2.26 bits per heavy atom. The van der Waals surface area contributed by atoms with Crippen LogP contribution in [0, 0.1) is 5.92 Å². The van der Waals surface area contributed by atoms with E-state index >= 15 is 0 Å². The van der Waals surface area contributed by atoms with Crippen LogP contribution in [0.5, 0.6) is 5.75 Å². The molecular formula is C19H21N7O. The number of nitrogens with zero attached hydrogens (tertiary/aromatic N) is 5. The van der Waals surface area contributed by atoms with E-state index in [2.05, 4.69) is 37.0 Å². The van der Waals surface area contributed by atoms with Crippen LogP contribution >= 0.6 is 0 Å². The van der Waals surface area contributed by atoms with Gasteiger partial charge in [0.2, 0.25) is 0 Å². The molecule has 1 fully saturated rings. The molecule has 8 heteroatoms. The van der Waals surface area contributed by atoms with Gasteiger partial charge in [0.1, 0.15) is 17.0 Å². The van der Waals surface area contributed by atoms with Crippen molar-refractivity contribution in [3.63, 3.8) is 0 Å². The smallest absolute Gasteiger partial charge is 0.251 e. The molecular weight excluding hydrogens is 342 g/mol. The Kier molecular flexibility index (Phi) is 3.88. The van der Waals surface area contributed by atoms with Crippen LogP contribution in [0.25, 0.3) is 22.6 Å². The highest BCUT2D eigenvalue weighted by Crippen LogP contribution is 2.36. The molecule has 3 N–H and O–H groups in total. The lowest BCUT2D eigenvalue weighted by atomic mass is 10.2. The van der Waals surface area contributed by atoms with Crippen LogP contribution in [0.15, 0.2) is 29.4 Å². The normalized spacial score (nSPS) is 16.4. The van der Waals surface area contributed by atoms with E-state index in [0.717, 1.165) is 59.4 Å². The van der Waals surface area contributed by atoms with Crippen LogP contribution < -0.4 is 15.8 Å². The molecule has 3 aromatic rings. The Hall–Kier alpha value is -3.16. The first-order valence-corrected chi connectivity index (χ1v) is 9.30. The van der Waals surface area contributed by atoms with E-state index in [1.807, 2.05) is 6.07 Å². The number of nitrogens with two attached hydrogens (primary N) is 1. The van der Waals surface area contributed by atoms with Gasteiger partial charge in [0.15, 0.2) is 5.82 Å². The number of ether oxygens (including phenoxy) is 1. The molecule has 0 bridgehead atoms. The second-order valence-corrected chi connectivity index (χ2v) is 6.98. The molecule has 0 atom stereocenters. The first kappa shape index (κ1) is 16.0. The third kappa shape index (κ3) is 3.07. The van der Waals surface area contributed by atoms with E-state index in [4.69, 9.17) is 15.5 Å². The van der Waals surface area contributed by atoms with Gasteiger partial charge in [-0.15, -0.1) is 0 Å². The van der Waals surface area contributed by atoms with Crippen LogP contribution in [0.1, 0.15) is 19.3 Å². The van der Waals surface area contributed by atoms with Crippen molar-refractivity contribution < 1.29 is 4.74 Å². The summed E-state index contributed by atoms with van der Waals surface area (Å²) in [5.74, 6) is 2.80. The molecule has 1 saturated carbocycles. The SMILES string of the molecule is NC=Nc1nccc(-c2nc3cc(NCC4CC4)cc4c3n2CCCO4)n1. The van der Waals surface area contributed by atoms with Crippen LogP contribution in [-0.2, 0) is 6.54 Å². The lowest BCUT2D eigenvalue weighted by Gasteiger charge is -2.09. The number of hydrogen-bond donors (Lipinski definition) is 2. The molecule has 0 spiro atoms. The van der Waals surface area contributed by atoms with Crippen molar-refractivity contribution >= 4 is 29.0 Å². The van der Waals surface area contributed by atoms with Gasteiger partial charge in [-0.2, -0.15) is 0 Å². The summed E-state index contributed by atoms with van der Waals surface area (Å²) in [6, 6.07) is 6.02. The van der Waals surface area contributed by atoms with Crippen LogP contribution in [0.4, 0.5) is 11.6 Å². The number of aryl methyl sites for hydroxylation is 1. The quantitative estimate of drug-likeness (QED) is 0.534. The zero-order chi connectivity index (χ0) is 18.2. The molecule has 2 aliphatic rings. The fourth-order valence-corrected chi connectivity index (χ4v) is 3.45. The summed E-state index contributed by atoms with van der Waals surface area (Å²) in [4.78, 5) is 17.4. The highest BCUT2D eigenvalue weighted by molar-refractivity contribution is 5.89.